The summed E-state index contributed by atoms with van der Waals surface area (Å²) in [4.78, 5) is 24.2. The number of nitrogens with zero attached hydrogens (tertiary/aromatic N) is 1. The summed E-state index contributed by atoms with van der Waals surface area (Å²) in [6, 6.07) is 8.28. The number of para-hydroxylation sites is 1. The van der Waals surface area contributed by atoms with Crippen molar-refractivity contribution >= 4 is 39.2 Å². The summed E-state index contributed by atoms with van der Waals surface area (Å²) in [5, 5.41) is 12.5. The molecule has 32 heavy (non-hydrogen) atoms. The molecule has 0 saturated carbocycles. The van der Waals surface area contributed by atoms with Crippen LogP contribution in [0.25, 0.3) is 0 Å². The Morgan fingerprint density at radius 1 is 1.22 bits per heavy atom. The topological polar surface area (TPSA) is 131 Å². The highest BCUT2D eigenvalue weighted by Crippen LogP contribution is 2.30. The Morgan fingerprint density at radius 2 is 1.94 bits per heavy atom. The van der Waals surface area contributed by atoms with Crippen molar-refractivity contribution in [2.75, 3.05) is 45.3 Å². The first kappa shape index (κ1) is 23.8. The van der Waals surface area contributed by atoms with Gasteiger partial charge >= 0.3 is 5.97 Å². The minimum atomic E-state index is -3.88. The van der Waals surface area contributed by atoms with Crippen LogP contribution < -0.4 is 10.1 Å². The maximum atomic E-state index is 12.9. The molecule has 2 aromatic carbocycles. The molecule has 2 aromatic rings. The molecule has 1 fully saturated rings. The van der Waals surface area contributed by atoms with Crippen molar-refractivity contribution in [2.45, 2.75) is 4.90 Å². The Hall–Kier alpha value is -2.86. The number of hydrogen-bond acceptors (Lipinski definition) is 8. The Kier molecular flexibility index (Phi) is 7.56. The lowest BCUT2D eigenvalue weighted by molar-refractivity contribution is -0.119. The lowest BCUT2D eigenvalue weighted by atomic mass is 10.2. The van der Waals surface area contributed by atoms with Gasteiger partial charge in [-0.2, -0.15) is 4.31 Å². The molecule has 12 heteroatoms. The van der Waals surface area contributed by atoms with Gasteiger partial charge < -0.3 is 24.6 Å². The largest absolute Gasteiger partial charge is 0.504 e. The van der Waals surface area contributed by atoms with E-state index in [2.05, 4.69) is 5.32 Å². The number of aromatic hydroxyl groups is 1. The van der Waals surface area contributed by atoms with Gasteiger partial charge in [-0.1, -0.05) is 17.7 Å². The van der Waals surface area contributed by atoms with Crippen molar-refractivity contribution in [3.8, 4) is 11.5 Å². The molecule has 0 atom stereocenters. The van der Waals surface area contributed by atoms with Gasteiger partial charge in [-0.25, -0.2) is 13.2 Å². The normalized spacial score (nSPS) is 14.6. The second-order valence-electron chi connectivity index (χ2n) is 6.64. The number of halogens is 1. The fourth-order valence-corrected chi connectivity index (χ4v) is 4.87. The van der Waals surface area contributed by atoms with Gasteiger partial charge in [0, 0.05) is 18.8 Å². The first-order chi connectivity index (χ1) is 15.2. The Morgan fingerprint density at radius 3 is 2.62 bits per heavy atom. The monoisotopic (exact) mass is 484 g/mol. The summed E-state index contributed by atoms with van der Waals surface area (Å²) in [6.45, 7) is 0.289. The Bertz CT molecular complexity index is 1120. The number of nitrogens with one attached hydrogen (secondary N) is 1. The molecular weight excluding hydrogens is 464 g/mol. The van der Waals surface area contributed by atoms with Crippen molar-refractivity contribution in [1.82, 2.24) is 4.31 Å². The van der Waals surface area contributed by atoms with E-state index in [1.165, 1.54) is 47.8 Å². The lowest BCUT2D eigenvalue weighted by Gasteiger charge is -2.26. The van der Waals surface area contributed by atoms with E-state index in [0.29, 0.717) is 0 Å². The third-order valence-corrected chi connectivity index (χ3v) is 6.96. The number of sulfonamides is 1. The minimum Gasteiger partial charge on any atom is -0.504 e. The van der Waals surface area contributed by atoms with E-state index >= 15 is 0 Å². The quantitative estimate of drug-likeness (QED) is 0.569. The molecule has 0 bridgehead atoms. The SMILES string of the molecule is COc1cccc(C(=O)OCC(=O)Nc2ccc(Cl)c(S(=O)(=O)N3CCOCC3)c2)c1O. The molecule has 10 nitrogen and oxygen atoms in total. The molecule has 0 unspecified atom stereocenters. The number of carbonyl (C=O) groups excluding carboxylic acids is 2. The standard InChI is InChI=1S/C20H21ClN2O8S/c1-29-16-4-2-3-14(19(16)25)20(26)31-12-18(24)22-13-5-6-15(21)17(11-13)32(27,28)23-7-9-30-10-8-23/h2-6,11,25H,7-10,12H2,1H3,(H,22,24). The second-order valence-corrected chi connectivity index (χ2v) is 8.96. The Balaban J connectivity index is 1.67. The summed E-state index contributed by atoms with van der Waals surface area (Å²) in [5.74, 6) is -1.96. The molecule has 0 aliphatic carbocycles. The van der Waals surface area contributed by atoms with Crippen LogP contribution in [0.1, 0.15) is 10.4 Å². The molecule has 0 spiro atoms. The first-order valence-electron chi connectivity index (χ1n) is 9.44. The van der Waals surface area contributed by atoms with Crippen LogP contribution in [0.15, 0.2) is 41.3 Å². The molecule has 172 valence electrons. The second kappa shape index (κ2) is 10.2. The van der Waals surface area contributed by atoms with Crippen LogP contribution >= 0.6 is 11.6 Å². The average Bonchev–Trinajstić information content (AvgIpc) is 2.79. The van der Waals surface area contributed by atoms with Gasteiger partial charge in [0.15, 0.2) is 18.1 Å². The molecule has 1 saturated heterocycles. The highest BCUT2D eigenvalue weighted by Gasteiger charge is 2.28. The highest BCUT2D eigenvalue weighted by atomic mass is 35.5. The van der Waals surface area contributed by atoms with E-state index in [4.69, 9.17) is 25.8 Å². The summed E-state index contributed by atoms with van der Waals surface area (Å²) in [6.07, 6.45) is 0. The zero-order chi connectivity index (χ0) is 23.3. The lowest BCUT2D eigenvalue weighted by Crippen LogP contribution is -2.40. The van der Waals surface area contributed by atoms with Crippen LogP contribution in [0.3, 0.4) is 0 Å². The summed E-state index contributed by atoms with van der Waals surface area (Å²) >= 11 is 6.09. The maximum absolute atomic E-state index is 12.9. The van der Waals surface area contributed by atoms with Crippen molar-refractivity contribution in [3.63, 3.8) is 0 Å². The van der Waals surface area contributed by atoms with E-state index in [-0.39, 0.29) is 53.2 Å². The van der Waals surface area contributed by atoms with Crippen LogP contribution in [0.4, 0.5) is 5.69 Å². The van der Waals surface area contributed by atoms with Gasteiger partial charge in [-0.3, -0.25) is 4.79 Å². The predicted molar refractivity (Wildman–Crippen MR) is 115 cm³/mol. The first-order valence-corrected chi connectivity index (χ1v) is 11.3. The number of esters is 1. The van der Waals surface area contributed by atoms with Gasteiger partial charge in [0.25, 0.3) is 5.91 Å². The van der Waals surface area contributed by atoms with E-state index < -0.39 is 34.3 Å². The number of phenolic OH excluding ortho intramolecular Hbond substituents is 1. The van der Waals surface area contributed by atoms with Crippen LogP contribution in [0, 0.1) is 0 Å². The fourth-order valence-electron chi connectivity index (χ4n) is 2.96. The third kappa shape index (κ3) is 5.30. The number of hydrogen-bond donors (Lipinski definition) is 2. The summed E-state index contributed by atoms with van der Waals surface area (Å²) in [7, 11) is -2.55. The van der Waals surface area contributed by atoms with Crippen LogP contribution in [-0.4, -0.2) is 69.7 Å². The molecular formula is C20H21ClN2O8S. The van der Waals surface area contributed by atoms with Crippen LogP contribution in [-0.2, 0) is 24.3 Å². The number of amides is 1. The molecule has 1 amide bonds. The van der Waals surface area contributed by atoms with Crippen LogP contribution in [0.2, 0.25) is 5.02 Å². The van der Waals surface area contributed by atoms with E-state index in [1.54, 1.807) is 0 Å². The molecule has 1 heterocycles. The van der Waals surface area contributed by atoms with Crippen LogP contribution in [0.5, 0.6) is 11.5 Å². The molecule has 1 aliphatic heterocycles. The van der Waals surface area contributed by atoms with E-state index in [1.807, 2.05) is 0 Å². The van der Waals surface area contributed by atoms with Gasteiger partial charge in [-0.15, -0.1) is 0 Å². The molecule has 0 aromatic heterocycles. The molecule has 1 aliphatic rings. The van der Waals surface area contributed by atoms with Gasteiger partial charge in [-0.05, 0) is 30.3 Å². The third-order valence-electron chi connectivity index (χ3n) is 4.58. The number of ether oxygens (including phenoxy) is 3. The number of rotatable bonds is 7. The molecule has 0 radical (unpaired) electrons. The highest BCUT2D eigenvalue weighted by molar-refractivity contribution is 7.89. The van der Waals surface area contributed by atoms with Gasteiger partial charge in [0.2, 0.25) is 10.0 Å². The van der Waals surface area contributed by atoms with Crippen molar-refractivity contribution in [1.29, 1.82) is 0 Å². The minimum absolute atomic E-state index is 0.00872. The van der Waals surface area contributed by atoms with Gasteiger partial charge in [0.1, 0.15) is 10.5 Å². The number of morpholine rings is 1. The number of phenols is 1. The van der Waals surface area contributed by atoms with E-state index in [9.17, 15) is 23.1 Å². The van der Waals surface area contributed by atoms with Crippen molar-refractivity contribution in [3.05, 3.63) is 47.0 Å². The zero-order valence-electron chi connectivity index (χ0n) is 17.0. The van der Waals surface area contributed by atoms with E-state index in [0.717, 1.165) is 0 Å². The van der Waals surface area contributed by atoms with Gasteiger partial charge in [0.05, 0.1) is 25.3 Å². The number of carbonyl (C=O) groups is 2. The summed E-state index contributed by atoms with van der Waals surface area (Å²) in [5.41, 5.74) is -0.00551. The average molecular weight is 485 g/mol. The molecule has 3 rings (SSSR count). The summed E-state index contributed by atoms with van der Waals surface area (Å²) < 4.78 is 42.0. The number of anilines is 1. The zero-order valence-corrected chi connectivity index (χ0v) is 18.6. The Labute approximate surface area is 189 Å². The van der Waals surface area contributed by atoms with Crippen molar-refractivity contribution in [2.24, 2.45) is 0 Å². The maximum Gasteiger partial charge on any atom is 0.342 e. The van der Waals surface area contributed by atoms with Crippen molar-refractivity contribution < 1.29 is 37.3 Å². The number of methoxy groups -OCH3 is 1. The molecule has 2 N–H and O–H groups in total. The number of benzene rings is 2. The predicted octanol–water partition coefficient (Wildman–Crippen LogP) is 1.87. The fraction of sp³-hybridized carbons (Fsp3) is 0.300. The smallest absolute Gasteiger partial charge is 0.342 e.